The summed E-state index contributed by atoms with van der Waals surface area (Å²) in [7, 11) is 0. The van der Waals surface area contributed by atoms with Crippen LogP contribution < -0.4 is 5.32 Å². The van der Waals surface area contributed by atoms with Gasteiger partial charge in [0.05, 0.1) is 5.92 Å². The minimum Gasteiger partial charge on any atom is -0.339 e. The molecule has 0 amide bonds. The topological polar surface area (TPSA) is 63.8 Å². The molecule has 2 aromatic heterocycles. The van der Waals surface area contributed by atoms with Crippen LogP contribution in [0.3, 0.4) is 0 Å². The van der Waals surface area contributed by atoms with Crippen LogP contribution in [0.15, 0.2) is 23.0 Å². The van der Waals surface area contributed by atoms with Gasteiger partial charge in [-0.3, -0.25) is 4.98 Å². The van der Waals surface area contributed by atoms with Gasteiger partial charge < -0.3 is 9.84 Å². The zero-order chi connectivity index (χ0) is 14.7. The second-order valence-corrected chi connectivity index (χ2v) is 5.70. The van der Waals surface area contributed by atoms with E-state index in [1.165, 1.54) is 19.3 Å². The van der Waals surface area contributed by atoms with E-state index in [0.717, 1.165) is 30.0 Å². The Bertz CT molecular complexity index is 593. The predicted molar refractivity (Wildman–Crippen MR) is 80.9 cm³/mol. The minimum absolute atomic E-state index is 0.330. The summed E-state index contributed by atoms with van der Waals surface area (Å²) in [5, 5.41) is 7.72. The molecule has 1 aliphatic carbocycles. The molecule has 1 saturated carbocycles. The van der Waals surface area contributed by atoms with E-state index in [1.54, 1.807) is 12.4 Å². The van der Waals surface area contributed by atoms with Crippen LogP contribution in [-0.4, -0.2) is 27.7 Å². The van der Waals surface area contributed by atoms with Gasteiger partial charge in [-0.25, -0.2) is 0 Å². The Balaban J connectivity index is 1.85. The molecule has 1 fully saturated rings. The average molecular weight is 286 g/mol. The fourth-order valence-corrected chi connectivity index (χ4v) is 3.13. The van der Waals surface area contributed by atoms with Crippen molar-refractivity contribution in [2.24, 2.45) is 0 Å². The molecule has 21 heavy (non-hydrogen) atoms. The van der Waals surface area contributed by atoms with Crippen LogP contribution in [0.2, 0.25) is 0 Å². The molecule has 0 radical (unpaired) electrons. The smallest absolute Gasteiger partial charge is 0.231 e. The molecule has 3 rings (SSSR count). The van der Waals surface area contributed by atoms with Gasteiger partial charge in [0, 0.05) is 24.0 Å². The monoisotopic (exact) mass is 286 g/mol. The number of likely N-dealkylation sites (N-methyl/N-ethyl adjacent to an activating group) is 1. The summed E-state index contributed by atoms with van der Waals surface area (Å²) in [4.78, 5) is 8.79. The van der Waals surface area contributed by atoms with Gasteiger partial charge in [0.2, 0.25) is 11.7 Å². The first-order valence-corrected chi connectivity index (χ1v) is 7.77. The summed E-state index contributed by atoms with van der Waals surface area (Å²) in [5.41, 5.74) is 2.06. The average Bonchev–Trinajstić information content (AvgIpc) is 2.98. The van der Waals surface area contributed by atoms with E-state index >= 15 is 0 Å². The molecule has 2 atom stereocenters. The van der Waals surface area contributed by atoms with E-state index in [0.29, 0.717) is 17.8 Å². The van der Waals surface area contributed by atoms with E-state index < -0.39 is 0 Å². The number of rotatable bonds is 4. The van der Waals surface area contributed by atoms with Gasteiger partial charge in [0.25, 0.3) is 0 Å². The molecule has 2 aromatic rings. The van der Waals surface area contributed by atoms with Gasteiger partial charge in [-0.2, -0.15) is 4.98 Å². The third-order valence-corrected chi connectivity index (χ3v) is 4.27. The van der Waals surface area contributed by atoms with Gasteiger partial charge in [-0.15, -0.1) is 0 Å². The Morgan fingerprint density at radius 3 is 3.00 bits per heavy atom. The maximum Gasteiger partial charge on any atom is 0.231 e. The van der Waals surface area contributed by atoms with Crippen molar-refractivity contribution >= 4 is 0 Å². The molecule has 0 bridgehead atoms. The highest BCUT2D eigenvalue weighted by Crippen LogP contribution is 2.33. The molecular formula is C16H22N4O. The number of aromatic nitrogens is 3. The van der Waals surface area contributed by atoms with Crippen LogP contribution in [-0.2, 0) is 0 Å². The van der Waals surface area contributed by atoms with Crippen molar-refractivity contribution in [3.63, 3.8) is 0 Å². The maximum absolute atomic E-state index is 5.56. The quantitative estimate of drug-likeness (QED) is 0.935. The highest BCUT2D eigenvalue weighted by Gasteiger charge is 2.30. The third-order valence-electron chi connectivity index (χ3n) is 4.27. The Morgan fingerprint density at radius 2 is 2.19 bits per heavy atom. The van der Waals surface area contributed by atoms with Crippen molar-refractivity contribution < 1.29 is 4.52 Å². The van der Waals surface area contributed by atoms with Crippen LogP contribution >= 0.6 is 0 Å². The molecule has 2 heterocycles. The number of hydrogen-bond acceptors (Lipinski definition) is 5. The van der Waals surface area contributed by atoms with Crippen molar-refractivity contribution in [2.45, 2.75) is 51.5 Å². The molecule has 1 aliphatic rings. The molecule has 5 nitrogen and oxygen atoms in total. The van der Waals surface area contributed by atoms with E-state index in [9.17, 15) is 0 Å². The summed E-state index contributed by atoms with van der Waals surface area (Å²) in [5.74, 6) is 1.74. The lowest BCUT2D eigenvalue weighted by Gasteiger charge is -2.29. The normalized spacial score (nSPS) is 22.4. The van der Waals surface area contributed by atoms with Crippen LogP contribution in [0.25, 0.3) is 11.4 Å². The Hall–Kier alpha value is -1.75. The second kappa shape index (κ2) is 6.35. The second-order valence-electron chi connectivity index (χ2n) is 5.70. The molecule has 0 aromatic carbocycles. The highest BCUT2D eigenvalue weighted by molar-refractivity contribution is 5.57. The zero-order valence-electron chi connectivity index (χ0n) is 12.7. The van der Waals surface area contributed by atoms with E-state index in [4.69, 9.17) is 4.52 Å². The number of nitrogens with zero attached hydrogens (tertiary/aromatic N) is 3. The summed E-state index contributed by atoms with van der Waals surface area (Å²) in [6, 6.07) is 2.42. The lowest BCUT2D eigenvalue weighted by Crippen LogP contribution is -2.37. The SMILES string of the molecule is CCNC1CCCCC1c1nc(-c2cnccc2C)no1. The molecule has 1 N–H and O–H groups in total. The first kappa shape index (κ1) is 14.2. The van der Waals surface area contributed by atoms with Gasteiger partial charge in [0.15, 0.2) is 0 Å². The Morgan fingerprint density at radius 1 is 1.33 bits per heavy atom. The van der Waals surface area contributed by atoms with Gasteiger partial charge >= 0.3 is 0 Å². The number of nitrogens with one attached hydrogen (secondary N) is 1. The minimum atomic E-state index is 0.330. The van der Waals surface area contributed by atoms with Crippen molar-refractivity contribution in [1.29, 1.82) is 0 Å². The molecule has 0 spiro atoms. The lowest BCUT2D eigenvalue weighted by molar-refractivity contribution is 0.265. The number of aryl methyl sites for hydroxylation is 1. The van der Waals surface area contributed by atoms with E-state index in [2.05, 4.69) is 27.4 Å². The van der Waals surface area contributed by atoms with Crippen molar-refractivity contribution in [1.82, 2.24) is 20.4 Å². The standard InChI is InChI=1S/C16H22N4O/c1-3-18-14-7-5-4-6-12(14)16-19-15(20-21-16)13-10-17-9-8-11(13)2/h8-10,12,14,18H,3-7H2,1-2H3. The third kappa shape index (κ3) is 2.97. The summed E-state index contributed by atoms with van der Waals surface area (Å²) in [6.07, 6.45) is 8.38. The number of hydrogen-bond donors (Lipinski definition) is 1. The van der Waals surface area contributed by atoms with Gasteiger partial charge in [-0.05, 0) is 37.9 Å². The first-order chi connectivity index (χ1) is 10.3. The first-order valence-electron chi connectivity index (χ1n) is 7.77. The van der Waals surface area contributed by atoms with Crippen LogP contribution in [0.1, 0.15) is 50.0 Å². The summed E-state index contributed by atoms with van der Waals surface area (Å²) >= 11 is 0. The summed E-state index contributed by atoms with van der Waals surface area (Å²) < 4.78 is 5.56. The fraction of sp³-hybridized carbons (Fsp3) is 0.562. The molecule has 112 valence electrons. The Kier molecular flexibility index (Phi) is 4.29. The van der Waals surface area contributed by atoms with E-state index in [-0.39, 0.29) is 0 Å². The molecule has 2 unspecified atom stereocenters. The molecule has 0 saturated heterocycles. The van der Waals surface area contributed by atoms with Crippen molar-refractivity contribution in [2.75, 3.05) is 6.54 Å². The fourth-order valence-electron chi connectivity index (χ4n) is 3.13. The predicted octanol–water partition coefficient (Wildman–Crippen LogP) is 3.08. The molecule has 5 heteroatoms. The van der Waals surface area contributed by atoms with Crippen molar-refractivity contribution in [3.8, 4) is 11.4 Å². The molecule has 0 aliphatic heterocycles. The van der Waals surface area contributed by atoms with Crippen LogP contribution in [0.4, 0.5) is 0 Å². The molecular weight excluding hydrogens is 264 g/mol. The van der Waals surface area contributed by atoms with E-state index in [1.807, 2.05) is 13.0 Å². The van der Waals surface area contributed by atoms with Crippen LogP contribution in [0, 0.1) is 6.92 Å². The van der Waals surface area contributed by atoms with Crippen LogP contribution in [0.5, 0.6) is 0 Å². The highest BCUT2D eigenvalue weighted by atomic mass is 16.5. The maximum atomic E-state index is 5.56. The van der Waals surface area contributed by atoms with Gasteiger partial charge in [-0.1, -0.05) is 24.9 Å². The van der Waals surface area contributed by atoms with Crippen molar-refractivity contribution in [3.05, 3.63) is 29.9 Å². The van der Waals surface area contributed by atoms with Gasteiger partial charge in [0.1, 0.15) is 0 Å². The largest absolute Gasteiger partial charge is 0.339 e. The summed E-state index contributed by atoms with van der Waals surface area (Å²) in [6.45, 7) is 5.16. The zero-order valence-corrected chi connectivity index (χ0v) is 12.7. The Labute approximate surface area is 125 Å². The number of pyridine rings is 1. The lowest BCUT2D eigenvalue weighted by atomic mass is 9.84.